The molecule has 0 aromatic carbocycles. The molecular weight excluding hydrogens is 76.1 g/mol. The largest absolute Gasteiger partial charge is 0.309 e. The van der Waals surface area contributed by atoms with Crippen molar-refractivity contribution in [3.8, 4) is 0 Å². The molecular formula is C4H6N2. The lowest BCUT2D eigenvalue weighted by Gasteiger charge is -1.58. The van der Waals surface area contributed by atoms with Gasteiger partial charge in [-0.1, -0.05) is 0 Å². The highest BCUT2D eigenvalue weighted by Gasteiger charge is 1.50. The molecule has 0 unspecified atom stereocenters. The second kappa shape index (κ2) is 4.08. The van der Waals surface area contributed by atoms with Crippen LogP contribution in [0.25, 0.3) is 0 Å². The smallest absolute Gasteiger partial charge is 0.0178 e. The highest BCUT2D eigenvalue weighted by Crippen LogP contribution is 1.54. The van der Waals surface area contributed by atoms with Crippen LogP contribution < -0.4 is 0 Å². The Bertz CT molecular complexity index is 63.6. The van der Waals surface area contributed by atoms with Crippen molar-refractivity contribution in [3.05, 3.63) is 12.2 Å². The van der Waals surface area contributed by atoms with E-state index in [-0.39, 0.29) is 0 Å². The maximum Gasteiger partial charge on any atom is 0.0178 e. The van der Waals surface area contributed by atoms with Crippen LogP contribution in [0, 0.1) is 10.8 Å². The first-order valence-corrected chi connectivity index (χ1v) is 1.58. The summed E-state index contributed by atoms with van der Waals surface area (Å²) in [5.74, 6) is 0. The topological polar surface area (TPSA) is 47.7 Å². The van der Waals surface area contributed by atoms with Crippen LogP contribution in [0.4, 0.5) is 0 Å². The van der Waals surface area contributed by atoms with Gasteiger partial charge in [-0.2, -0.15) is 0 Å². The molecule has 0 aliphatic rings. The minimum atomic E-state index is 1.13. The number of hydrogen-bond donors (Lipinski definition) is 2. The van der Waals surface area contributed by atoms with E-state index in [0.29, 0.717) is 0 Å². The molecule has 2 heteroatoms. The zero-order valence-electron chi connectivity index (χ0n) is 3.31. The molecule has 0 radical (unpaired) electrons. The molecule has 2 nitrogen and oxygen atoms in total. The third kappa shape index (κ3) is 3.08. The Balaban J connectivity index is 3.17. The van der Waals surface area contributed by atoms with Crippen LogP contribution in [0.15, 0.2) is 12.2 Å². The lowest BCUT2D eigenvalue weighted by atomic mass is 10.5. The second-order valence-corrected chi connectivity index (χ2v) is 0.718. The molecule has 0 spiro atoms. The van der Waals surface area contributed by atoms with Gasteiger partial charge in [0.05, 0.1) is 0 Å². The zero-order chi connectivity index (χ0) is 4.83. The van der Waals surface area contributed by atoms with Gasteiger partial charge in [0.25, 0.3) is 0 Å². The van der Waals surface area contributed by atoms with E-state index >= 15 is 0 Å². The summed E-state index contributed by atoms with van der Waals surface area (Å²) in [6.07, 6.45) is 5.22. The van der Waals surface area contributed by atoms with Crippen molar-refractivity contribution in [1.29, 1.82) is 10.8 Å². The Morgan fingerprint density at radius 1 is 0.833 bits per heavy atom. The summed E-state index contributed by atoms with van der Waals surface area (Å²) in [7, 11) is 0. The Morgan fingerprint density at radius 2 is 1.17 bits per heavy atom. The molecule has 0 rings (SSSR count). The van der Waals surface area contributed by atoms with E-state index in [1.165, 1.54) is 12.2 Å². The molecule has 0 aromatic heterocycles. The average Bonchev–Trinajstić information content (AvgIpc) is 1.61. The predicted molar refractivity (Wildman–Crippen MR) is 26.7 cm³/mol. The number of allylic oxidation sites excluding steroid dienone is 2. The van der Waals surface area contributed by atoms with Crippen molar-refractivity contribution in [2.24, 2.45) is 0 Å². The molecule has 0 saturated heterocycles. The molecule has 0 fully saturated rings. The molecule has 0 heterocycles. The van der Waals surface area contributed by atoms with Gasteiger partial charge in [0, 0.05) is 12.4 Å². The Kier molecular flexibility index (Phi) is 3.45. The maximum absolute atomic E-state index is 6.39. The van der Waals surface area contributed by atoms with Gasteiger partial charge in [-0.3, -0.25) is 0 Å². The molecule has 0 aliphatic carbocycles. The number of rotatable bonds is 2. The van der Waals surface area contributed by atoms with Crippen LogP contribution in [-0.2, 0) is 0 Å². The standard InChI is InChI=1S/C4H6N2/c5-3-1-2-4-6/h1-6H/b2-1+,5-3?,6-4?. The summed E-state index contributed by atoms with van der Waals surface area (Å²) < 4.78 is 0. The summed E-state index contributed by atoms with van der Waals surface area (Å²) in [6, 6.07) is 0. The minimum absolute atomic E-state index is 1.13. The molecule has 0 amide bonds. The van der Waals surface area contributed by atoms with Crippen molar-refractivity contribution < 1.29 is 0 Å². The van der Waals surface area contributed by atoms with Gasteiger partial charge in [0.15, 0.2) is 0 Å². The maximum atomic E-state index is 6.39. The molecule has 0 aliphatic heterocycles. The zero-order valence-corrected chi connectivity index (χ0v) is 3.31. The molecule has 0 atom stereocenters. The number of hydrogen-bond acceptors (Lipinski definition) is 2. The van der Waals surface area contributed by atoms with Crippen molar-refractivity contribution >= 4 is 12.4 Å². The van der Waals surface area contributed by atoms with Crippen molar-refractivity contribution in [2.75, 3.05) is 0 Å². The van der Waals surface area contributed by atoms with Crippen LogP contribution in [0.2, 0.25) is 0 Å². The summed E-state index contributed by atoms with van der Waals surface area (Å²) in [4.78, 5) is 0. The van der Waals surface area contributed by atoms with Crippen LogP contribution in [0.5, 0.6) is 0 Å². The Labute approximate surface area is 36.5 Å². The van der Waals surface area contributed by atoms with E-state index in [9.17, 15) is 0 Å². The summed E-state index contributed by atoms with van der Waals surface area (Å²) in [5.41, 5.74) is 0. The fourth-order valence-electron chi connectivity index (χ4n) is 0.111. The van der Waals surface area contributed by atoms with E-state index in [2.05, 4.69) is 0 Å². The molecule has 0 bridgehead atoms. The fourth-order valence-corrected chi connectivity index (χ4v) is 0.111. The van der Waals surface area contributed by atoms with E-state index in [4.69, 9.17) is 10.8 Å². The summed E-state index contributed by atoms with van der Waals surface area (Å²) in [6.45, 7) is 0. The highest BCUT2D eigenvalue weighted by molar-refractivity contribution is 5.78. The quantitative estimate of drug-likeness (QED) is 0.464. The van der Waals surface area contributed by atoms with E-state index in [0.717, 1.165) is 12.4 Å². The first kappa shape index (κ1) is 5.08. The SMILES string of the molecule is N=C/C=C/C=N. The third-order valence-corrected chi connectivity index (χ3v) is 0.304. The van der Waals surface area contributed by atoms with E-state index in [1.807, 2.05) is 0 Å². The highest BCUT2D eigenvalue weighted by atomic mass is 14.3. The summed E-state index contributed by atoms with van der Waals surface area (Å²) >= 11 is 0. The minimum Gasteiger partial charge on any atom is -0.309 e. The Morgan fingerprint density at radius 3 is 1.33 bits per heavy atom. The molecule has 6 heavy (non-hydrogen) atoms. The van der Waals surface area contributed by atoms with E-state index < -0.39 is 0 Å². The van der Waals surface area contributed by atoms with Gasteiger partial charge in [0.1, 0.15) is 0 Å². The number of nitrogens with one attached hydrogen (secondary N) is 2. The van der Waals surface area contributed by atoms with Gasteiger partial charge in [-0.05, 0) is 12.2 Å². The lowest BCUT2D eigenvalue weighted by Crippen LogP contribution is -1.57. The van der Waals surface area contributed by atoms with E-state index in [1.54, 1.807) is 0 Å². The first-order valence-electron chi connectivity index (χ1n) is 1.58. The van der Waals surface area contributed by atoms with Crippen LogP contribution >= 0.6 is 0 Å². The lowest BCUT2D eigenvalue weighted by molar-refractivity contribution is 1.57. The predicted octanol–water partition coefficient (Wildman–Crippen LogP) is 0.842. The van der Waals surface area contributed by atoms with Crippen molar-refractivity contribution in [2.45, 2.75) is 0 Å². The third-order valence-electron chi connectivity index (χ3n) is 0.304. The van der Waals surface area contributed by atoms with Gasteiger partial charge in [-0.25, -0.2) is 0 Å². The second-order valence-electron chi connectivity index (χ2n) is 0.718. The molecule has 2 N–H and O–H groups in total. The van der Waals surface area contributed by atoms with Crippen molar-refractivity contribution in [1.82, 2.24) is 0 Å². The van der Waals surface area contributed by atoms with Crippen molar-refractivity contribution in [3.63, 3.8) is 0 Å². The monoisotopic (exact) mass is 82.1 g/mol. The van der Waals surface area contributed by atoms with Crippen LogP contribution in [0.3, 0.4) is 0 Å². The van der Waals surface area contributed by atoms with Crippen LogP contribution in [0.1, 0.15) is 0 Å². The van der Waals surface area contributed by atoms with Gasteiger partial charge >= 0.3 is 0 Å². The Hall–Kier alpha value is -0.920. The normalized spacial score (nSPS) is 8.67. The molecule has 0 saturated carbocycles. The van der Waals surface area contributed by atoms with Gasteiger partial charge in [-0.15, -0.1) is 0 Å². The average molecular weight is 82.1 g/mol. The fraction of sp³-hybridized carbons (Fsp3) is 0. The molecule has 32 valence electrons. The van der Waals surface area contributed by atoms with Gasteiger partial charge < -0.3 is 10.8 Å². The van der Waals surface area contributed by atoms with Crippen LogP contribution in [-0.4, -0.2) is 12.4 Å². The first-order chi connectivity index (χ1) is 2.91. The molecule has 0 aromatic rings. The van der Waals surface area contributed by atoms with Gasteiger partial charge in [0.2, 0.25) is 0 Å². The summed E-state index contributed by atoms with van der Waals surface area (Å²) in [5, 5.41) is 12.8.